The molecule has 4 aromatic rings. The van der Waals surface area contributed by atoms with Crippen LogP contribution in [0.3, 0.4) is 0 Å². The molecule has 0 aliphatic heterocycles. The first kappa shape index (κ1) is 17.7. The van der Waals surface area contributed by atoms with Crippen molar-refractivity contribution in [3.05, 3.63) is 73.0 Å². The number of benzene rings is 1. The van der Waals surface area contributed by atoms with Gasteiger partial charge in [-0.25, -0.2) is 9.97 Å². The van der Waals surface area contributed by atoms with Crippen molar-refractivity contribution in [1.82, 2.24) is 19.9 Å². The monoisotopic (exact) mass is 370 g/mol. The van der Waals surface area contributed by atoms with Gasteiger partial charge in [-0.2, -0.15) is 0 Å². The number of hydrogen-bond acceptors (Lipinski definition) is 5. The second kappa shape index (κ2) is 7.92. The Kier molecular flexibility index (Phi) is 5.01. The molecule has 3 aromatic heterocycles. The lowest BCUT2D eigenvalue weighted by Gasteiger charge is -2.14. The fourth-order valence-corrected chi connectivity index (χ4v) is 3.08. The third-order valence-corrected chi connectivity index (χ3v) is 4.51. The van der Waals surface area contributed by atoms with Gasteiger partial charge in [-0.05, 0) is 30.7 Å². The van der Waals surface area contributed by atoms with Crippen molar-refractivity contribution >= 4 is 28.1 Å². The molecule has 0 atom stereocenters. The Balaban J connectivity index is 1.77. The van der Waals surface area contributed by atoms with Crippen LogP contribution in [0, 0.1) is 0 Å². The second-order valence-corrected chi connectivity index (χ2v) is 6.51. The third kappa shape index (κ3) is 3.57. The largest absolute Gasteiger partial charge is 0.382 e. The van der Waals surface area contributed by atoms with E-state index in [1.807, 2.05) is 36.5 Å². The van der Waals surface area contributed by atoms with E-state index < -0.39 is 0 Å². The molecule has 0 saturated heterocycles. The van der Waals surface area contributed by atoms with Crippen LogP contribution in [-0.4, -0.2) is 19.9 Å². The molecule has 0 saturated carbocycles. The molecule has 140 valence electrons. The molecule has 4 N–H and O–H groups in total. The van der Waals surface area contributed by atoms with E-state index in [0.717, 1.165) is 46.4 Å². The number of anilines is 2. The van der Waals surface area contributed by atoms with E-state index >= 15 is 0 Å². The number of rotatable bonds is 6. The normalized spacial score (nSPS) is 11.7. The summed E-state index contributed by atoms with van der Waals surface area (Å²) >= 11 is 0. The zero-order valence-electron chi connectivity index (χ0n) is 15.7. The highest BCUT2D eigenvalue weighted by Gasteiger charge is 2.13. The molecule has 0 bridgehead atoms. The van der Waals surface area contributed by atoms with E-state index in [2.05, 4.69) is 39.3 Å². The van der Waals surface area contributed by atoms with E-state index in [0.29, 0.717) is 11.5 Å². The van der Waals surface area contributed by atoms with Gasteiger partial charge in [0.2, 0.25) is 0 Å². The number of fused-ring (bicyclic) bond motifs is 1. The smallest absolute Gasteiger partial charge is 0.151 e. The molecule has 0 amide bonds. The molecule has 0 fully saturated rings. The van der Waals surface area contributed by atoms with Gasteiger partial charge in [0.15, 0.2) is 5.82 Å². The van der Waals surface area contributed by atoms with Crippen LogP contribution in [0.15, 0.2) is 67.3 Å². The highest BCUT2D eigenvalue weighted by Crippen LogP contribution is 2.28. The number of nitrogen functional groups attached to an aromatic ring is 1. The van der Waals surface area contributed by atoms with Crippen molar-refractivity contribution in [1.29, 1.82) is 0 Å². The van der Waals surface area contributed by atoms with Crippen LogP contribution in [0.2, 0.25) is 0 Å². The minimum absolute atomic E-state index is 0.390. The Hall–Kier alpha value is -3.67. The lowest BCUT2D eigenvalue weighted by atomic mass is 10.1. The van der Waals surface area contributed by atoms with Crippen LogP contribution in [0.1, 0.15) is 25.5 Å². The average Bonchev–Trinajstić information content (AvgIpc) is 3.22. The number of aromatic amines is 1. The first-order valence-electron chi connectivity index (χ1n) is 9.33. The van der Waals surface area contributed by atoms with Crippen molar-refractivity contribution in [2.75, 3.05) is 11.1 Å². The molecular formula is C22H22N6. The van der Waals surface area contributed by atoms with Gasteiger partial charge in [-0.1, -0.05) is 31.6 Å². The molecule has 0 aliphatic rings. The van der Waals surface area contributed by atoms with E-state index in [1.165, 1.54) is 0 Å². The molecule has 0 aliphatic carbocycles. The summed E-state index contributed by atoms with van der Waals surface area (Å²) in [6.45, 7) is 2.14. The molecule has 28 heavy (non-hydrogen) atoms. The number of para-hydroxylation sites is 1. The Morgan fingerprint density at radius 2 is 2.11 bits per heavy atom. The topological polar surface area (TPSA) is 92.5 Å². The molecule has 6 nitrogen and oxygen atoms in total. The zero-order valence-corrected chi connectivity index (χ0v) is 15.7. The molecule has 1 aromatic carbocycles. The van der Waals surface area contributed by atoms with Gasteiger partial charge in [0.1, 0.15) is 5.69 Å². The number of nitrogens with zero attached hydrogens (tertiary/aromatic N) is 3. The van der Waals surface area contributed by atoms with Crippen LogP contribution >= 0.6 is 0 Å². The molecule has 0 unspecified atom stereocenters. The van der Waals surface area contributed by atoms with Crippen LogP contribution < -0.4 is 11.1 Å². The summed E-state index contributed by atoms with van der Waals surface area (Å²) in [6, 6.07) is 12.0. The maximum absolute atomic E-state index is 6.21. The summed E-state index contributed by atoms with van der Waals surface area (Å²) in [5.74, 6) is 0.390. The highest BCUT2D eigenvalue weighted by atomic mass is 15.0. The lowest BCUT2D eigenvalue weighted by molar-refractivity contribution is 0.958. The van der Waals surface area contributed by atoms with Gasteiger partial charge in [-0.15, -0.1) is 0 Å². The highest BCUT2D eigenvalue weighted by molar-refractivity contribution is 5.95. The maximum Gasteiger partial charge on any atom is 0.151 e. The number of aromatic nitrogens is 4. The third-order valence-electron chi connectivity index (χ3n) is 4.51. The maximum atomic E-state index is 6.21. The first-order chi connectivity index (χ1) is 13.8. The standard InChI is InChI=1S/C22H22N6/c1-2-3-8-18(27-17-9-4-6-15-10-12-25-20(15)17)21-22(23)26-14-19(28-21)16-7-5-11-24-13-16/h4-14,25,27H,2-3H2,1H3,(H2,23,26). The fraction of sp³-hybridized carbons (Fsp3) is 0.136. The fourth-order valence-electron chi connectivity index (χ4n) is 3.08. The molecule has 6 heteroatoms. The van der Waals surface area contributed by atoms with Gasteiger partial charge in [0, 0.05) is 29.5 Å². The Bertz CT molecular complexity index is 1110. The zero-order chi connectivity index (χ0) is 19.3. The summed E-state index contributed by atoms with van der Waals surface area (Å²) in [6.07, 6.45) is 11.2. The Morgan fingerprint density at radius 1 is 1.18 bits per heavy atom. The number of hydrogen-bond donors (Lipinski definition) is 3. The van der Waals surface area contributed by atoms with Crippen LogP contribution in [0.5, 0.6) is 0 Å². The summed E-state index contributed by atoms with van der Waals surface area (Å²) in [5, 5.41) is 4.65. The number of pyridine rings is 1. The number of allylic oxidation sites excluding steroid dienone is 1. The quantitative estimate of drug-likeness (QED) is 0.451. The second-order valence-electron chi connectivity index (χ2n) is 6.51. The summed E-state index contributed by atoms with van der Waals surface area (Å²) in [4.78, 5) is 16.6. The van der Waals surface area contributed by atoms with Crippen LogP contribution in [-0.2, 0) is 0 Å². The minimum Gasteiger partial charge on any atom is -0.382 e. The Morgan fingerprint density at radius 3 is 2.93 bits per heavy atom. The van der Waals surface area contributed by atoms with Crippen molar-refractivity contribution in [2.24, 2.45) is 0 Å². The van der Waals surface area contributed by atoms with E-state index in [1.54, 1.807) is 18.6 Å². The lowest BCUT2D eigenvalue weighted by Crippen LogP contribution is -2.08. The van der Waals surface area contributed by atoms with Gasteiger partial charge >= 0.3 is 0 Å². The van der Waals surface area contributed by atoms with E-state index in [9.17, 15) is 0 Å². The van der Waals surface area contributed by atoms with Crippen LogP contribution in [0.4, 0.5) is 11.5 Å². The van der Waals surface area contributed by atoms with Gasteiger partial charge in [0.05, 0.1) is 28.8 Å². The molecule has 0 spiro atoms. The van der Waals surface area contributed by atoms with Crippen LogP contribution in [0.25, 0.3) is 27.9 Å². The van der Waals surface area contributed by atoms with Gasteiger partial charge in [-0.3, -0.25) is 4.98 Å². The minimum atomic E-state index is 0.390. The molecular weight excluding hydrogens is 348 g/mol. The van der Waals surface area contributed by atoms with Gasteiger partial charge < -0.3 is 16.0 Å². The van der Waals surface area contributed by atoms with E-state index in [4.69, 9.17) is 10.7 Å². The molecule has 4 rings (SSSR count). The number of H-pyrrole nitrogens is 1. The van der Waals surface area contributed by atoms with Gasteiger partial charge in [0.25, 0.3) is 0 Å². The summed E-state index contributed by atoms with van der Waals surface area (Å²) in [5.41, 5.74) is 11.3. The predicted octanol–water partition coefficient (Wildman–Crippen LogP) is 4.86. The van der Waals surface area contributed by atoms with Crippen molar-refractivity contribution < 1.29 is 0 Å². The number of nitrogens with two attached hydrogens (primary N) is 1. The average molecular weight is 370 g/mol. The predicted molar refractivity (Wildman–Crippen MR) is 114 cm³/mol. The number of nitrogens with one attached hydrogen (secondary N) is 2. The van der Waals surface area contributed by atoms with Crippen molar-refractivity contribution in [3.63, 3.8) is 0 Å². The van der Waals surface area contributed by atoms with Crippen molar-refractivity contribution in [3.8, 4) is 11.3 Å². The molecule has 0 radical (unpaired) electrons. The molecule has 3 heterocycles. The van der Waals surface area contributed by atoms with Crippen molar-refractivity contribution in [2.45, 2.75) is 19.8 Å². The summed E-state index contributed by atoms with van der Waals surface area (Å²) < 4.78 is 0. The summed E-state index contributed by atoms with van der Waals surface area (Å²) in [7, 11) is 0. The first-order valence-corrected chi connectivity index (χ1v) is 9.33. The Labute approximate surface area is 163 Å². The number of unbranched alkanes of at least 4 members (excludes halogenated alkanes) is 1. The van der Waals surface area contributed by atoms with E-state index in [-0.39, 0.29) is 0 Å². The SMILES string of the molecule is CCCC=C(Nc1cccc2cc[nH]c12)c1nc(-c2cccnc2)cnc1N.